The molecule has 6 nitrogen and oxygen atoms in total. The Morgan fingerprint density at radius 3 is 2.41 bits per heavy atom. The van der Waals surface area contributed by atoms with Crippen LogP contribution >= 0.6 is 0 Å². The number of aliphatic hydroxyl groups excluding tert-OH is 1. The molecular weight excluding hydrogens is 430 g/mol. The first kappa shape index (κ1) is 25.7. The molecule has 0 aliphatic heterocycles. The van der Waals surface area contributed by atoms with Crippen molar-refractivity contribution in [1.29, 1.82) is 0 Å². The predicted octanol–water partition coefficient (Wildman–Crippen LogP) is 4.44. The molecule has 34 heavy (non-hydrogen) atoms. The quantitative estimate of drug-likeness (QED) is 0.505. The Kier molecular flexibility index (Phi) is 7.21. The Balaban J connectivity index is 1.50. The molecule has 0 bridgehead atoms. The van der Waals surface area contributed by atoms with Crippen molar-refractivity contribution < 1.29 is 24.6 Å². The number of ketones is 1. The SMILES string of the molecule is CC[C@H]1C(=O)C2C(CC[C@@]3(C)C2CC[C@@H]3[C@H](C)CCC(=O)NCC(=O)O)[C@@]2(C)CC[C@@H](O)CC12. The number of fused-ring (bicyclic) bond motifs is 5. The molecule has 4 unspecified atom stereocenters. The summed E-state index contributed by atoms with van der Waals surface area (Å²) in [6.07, 6.45) is 8.90. The number of carbonyl (C=O) groups excluding carboxylic acids is 2. The van der Waals surface area contributed by atoms with Crippen LogP contribution < -0.4 is 5.32 Å². The molecule has 6 heteroatoms. The third-order valence-electron chi connectivity index (χ3n) is 11.2. The van der Waals surface area contributed by atoms with Crippen molar-refractivity contribution in [2.24, 2.45) is 52.3 Å². The third kappa shape index (κ3) is 4.22. The minimum atomic E-state index is -1.02. The molecule has 1 amide bonds. The lowest BCUT2D eigenvalue weighted by Gasteiger charge is -2.62. The van der Waals surface area contributed by atoms with E-state index in [0.717, 1.165) is 57.8 Å². The first-order valence-electron chi connectivity index (χ1n) is 13.7. The van der Waals surface area contributed by atoms with E-state index in [2.05, 4.69) is 33.0 Å². The molecule has 0 saturated heterocycles. The van der Waals surface area contributed by atoms with Gasteiger partial charge in [-0.1, -0.05) is 27.7 Å². The second kappa shape index (κ2) is 9.55. The molecule has 0 aromatic rings. The van der Waals surface area contributed by atoms with Crippen LogP contribution in [-0.2, 0) is 14.4 Å². The van der Waals surface area contributed by atoms with Crippen LogP contribution in [0.1, 0.15) is 91.9 Å². The maximum atomic E-state index is 14.0. The molecule has 3 N–H and O–H groups in total. The van der Waals surface area contributed by atoms with Crippen molar-refractivity contribution in [3.63, 3.8) is 0 Å². The summed E-state index contributed by atoms with van der Waals surface area (Å²) in [7, 11) is 0. The van der Waals surface area contributed by atoms with Crippen LogP contribution in [0, 0.1) is 52.3 Å². The zero-order valence-corrected chi connectivity index (χ0v) is 21.5. The summed E-state index contributed by atoms with van der Waals surface area (Å²) < 4.78 is 0. The second-order valence-electron chi connectivity index (χ2n) is 12.6. The fraction of sp³-hybridized carbons (Fsp3) is 0.893. The minimum absolute atomic E-state index is 0.0814. The minimum Gasteiger partial charge on any atom is -0.480 e. The molecule has 4 aliphatic carbocycles. The number of carboxylic acids is 1. The number of amides is 1. The number of carbonyl (C=O) groups is 3. The van der Waals surface area contributed by atoms with Gasteiger partial charge in [-0.3, -0.25) is 14.4 Å². The number of carboxylic acid groups (broad SMARTS) is 1. The van der Waals surface area contributed by atoms with Gasteiger partial charge in [0.1, 0.15) is 12.3 Å². The normalized spacial score (nSPS) is 44.5. The lowest BCUT2D eigenvalue weighted by Crippen LogP contribution is -2.60. The highest BCUT2D eigenvalue weighted by Gasteiger charge is 2.65. The van der Waals surface area contributed by atoms with Gasteiger partial charge in [-0.2, -0.15) is 0 Å². The largest absolute Gasteiger partial charge is 0.480 e. The van der Waals surface area contributed by atoms with Gasteiger partial charge in [-0.05, 0) is 98.2 Å². The number of rotatable bonds is 7. The van der Waals surface area contributed by atoms with Crippen LogP contribution in [0.5, 0.6) is 0 Å². The lowest BCUT2D eigenvalue weighted by molar-refractivity contribution is -0.173. The van der Waals surface area contributed by atoms with E-state index in [1.807, 2.05) is 0 Å². The van der Waals surface area contributed by atoms with Gasteiger partial charge in [-0.25, -0.2) is 0 Å². The number of aliphatic carboxylic acids is 1. The van der Waals surface area contributed by atoms with Crippen LogP contribution in [0.4, 0.5) is 0 Å². The molecule has 0 radical (unpaired) electrons. The molecule has 0 aromatic carbocycles. The predicted molar refractivity (Wildman–Crippen MR) is 130 cm³/mol. The van der Waals surface area contributed by atoms with E-state index in [1.165, 1.54) is 0 Å². The summed E-state index contributed by atoms with van der Waals surface area (Å²) >= 11 is 0. The van der Waals surface area contributed by atoms with Crippen LogP contribution in [0.25, 0.3) is 0 Å². The maximum absolute atomic E-state index is 14.0. The van der Waals surface area contributed by atoms with Crippen LogP contribution in [0.15, 0.2) is 0 Å². The lowest BCUT2D eigenvalue weighted by atomic mass is 9.42. The number of aliphatic hydroxyl groups is 1. The fourth-order valence-electron chi connectivity index (χ4n) is 9.43. The Labute approximate surface area is 204 Å². The third-order valence-corrected chi connectivity index (χ3v) is 11.2. The van der Waals surface area contributed by atoms with Crippen LogP contribution in [-0.4, -0.2) is 40.5 Å². The van der Waals surface area contributed by atoms with Crippen LogP contribution in [0.2, 0.25) is 0 Å². The van der Waals surface area contributed by atoms with E-state index >= 15 is 0 Å². The van der Waals surface area contributed by atoms with Crippen molar-refractivity contribution in [1.82, 2.24) is 5.32 Å². The Morgan fingerprint density at radius 1 is 1.06 bits per heavy atom. The molecule has 0 aromatic heterocycles. The highest BCUT2D eigenvalue weighted by molar-refractivity contribution is 5.86. The smallest absolute Gasteiger partial charge is 0.322 e. The van der Waals surface area contributed by atoms with Gasteiger partial charge in [0.2, 0.25) is 5.91 Å². The second-order valence-corrected chi connectivity index (χ2v) is 12.6. The molecule has 10 atom stereocenters. The average molecular weight is 476 g/mol. The molecule has 0 heterocycles. The molecular formula is C28H45NO5. The summed E-state index contributed by atoms with van der Waals surface area (Å²) in [6, 6.07) is 0. The Morgan fingerprint density at radius 2 is 1.74 bits per heavy atom. The average Bonchev–Trinajstić information content (AvgIpc) is 3.14. The molecule has 4 saturated carbocycles. The number of Topliss-reactive ketones (excluding diaryl/α,β-unsaturated/α-hetero) is 1. The van der Waals surface area contributed by atoms with E-state index in [0.29, 0.717) is 41.8 Å². The summed E-state index contributed by atoms with van der Waals surface area (Å²) in [5.41, 5.74) is 0.287. The van der Waals surface area contributed by atoms with Gasteiger partial charge in [-0.15, -0.1) is 0 Å². The molecule has 0 spiro atoms. The first-order chi connectivity index (χ1) is 16.0. The van der Waals surface area contributed by atoms with E-state index in [1.54, 1.807) is 0 Å². The van der Waals surface area contributed by atoms with Gasteiger partial charge in [0.05, 0.1) is 6.10 Å². The highest BCUT2D eigenvalue weighted by Crippen LogP contribution is 2.68. The van der Waals surface area contributed by atoms with Crippen molar-refractivity contribution >= 4 is 17.7 Å². The zero-order valence-electron chi connectivity index (χ0n) is 21.5. The molecule has 192 valence electrons. The van der Waals surface area contributed by atoms with E-state index in [-0.39, 0.29) is 41.2 Å². The topological polar surface area (TPSA) is 104 Å². The standard InChI is InChI=1S/C28H45NO5/c1-5-18-22-14-17(30)10-12-28(22,4)21-11-13-27(3)19(7-8-20(27)25(21)26(18)34)16(2)6-9-23(31)29-15-24(32)33/h16-22,25,30H,5-15H2,1-4H3,(H,29,31)(H,32,33)/t16-,17-,18-,19-,20?,21?,22?,25?,27-,28-/m1/s1. The van der Waals surface area contributed by atoms with Gasteiger partial charge in [0.25, 0.3) is 0 Å². The molecule has 4 rings (SSSR count). The van der Waals surface area contributed by atoms with E-state index in [9.17, 15) is 19.5 Å². The van der Waals surface area contributed by atoms with Gasteiger partial charge in [0, 0.05) is 18.3 Å². The van der Waals surface area contributed by atoms with Crippen molar-refractivity contribution in [2.75, 3.05) is 6.54 Å². The summed E-state index contributed by atoms with van der Waals surface area (Å²) in [6.45, 7) is 8.92. The van der Waals surface area contributed by atoms with Gasteiger partial charge < -0.3 is 15.5 Å². The van der Waals surface area contributed by atoms with E-state index < -0.39 is 5.97 Å². The Bertz CT molecular complexity index is 813. The van der Waals surface area contributed by atoms with Gasteiger partial charge in [0.15, 0.2) is 0 Å². The van der Waals surface area contributed by atoms with Crippen molar-refractivity contribution in [2.45, 2.75) is 98.0 Å². The highest BCUT2D eigenvalue weighted by atomic mass is 16.4. The molecule has 4 aliphatic rings. The van der Waals surface area contributed by atoms with Gasteiger partial charge >= 0.3 is 5.97 Å². The fourth-order valence-corrected chi connectivity index (χ4v) is 9.43. The zero-order chi connectivity index (χ0) is 24.8. The number of hydrogen-bond donors (Lipinski definition) is 3. The number of hydrogen-bond acceptors (Lipinski definition) is 4. The van der Waals surface area contributed by atoms with Crippen molar-refractivity contribution in [3.8, 4) is 0 Å². The number of nitrogens with one attached hydrogen (secondary N) is 1. The first-order valence-corrected chi connectivity index (χ1v) is 13.7. The summed E-state index contributed by atoms with van der Waals surface area (Å²) in [5, 5.41) is 21.7. The maximum Gasteiger partial charge on any atom is 0.322 e. The van der Waals surface area contributed by atoms with E-state index in [4.69, 9.17) is 5.11 Å². The van der Waals surface area contributed by atoms with Crippen molar-refractivity contribution in [3.05, 3.63) is 0 Å². The summed E-state index contributed by atoms with van der Waals surface area (Å²) in [5.74, 6) is 1.56. The monoisotopic (exact) mass is 475 g/mol. The van der Waals surface area contributed by atoms with Crippen LogP contribution in [0.3, 0.4) is 0 Å². The summed E-state index contributed by atoms with van der Waals surface area (Å²) in [4.78, 5) is 36.8. The molecule has 4 fully saturated rings. The Hall–Kier alpha value is -1.43.